The van der Waals surface area contributed by atoms with Gasteiger partial charge in [0, 0.05) is 5.56 Å². The number of benzene rings is 1. The van der Waals surface area contributed by atoms with Crippen molar-refractivity contribution in [3.63, 3.8) is 0 Å². The minimum absolute atomic E-state index is 0.129. The van der Waals surface area contributed by atoms with Crippen LogP contribution < -0.4 is 11.2 Å². The molecule has 19 heavy (non-hydrogen) atoms. The van der Waals surface area contributed by atoms with E-state index in [0.717, 1.165) is 4.57 Å². The van der Waals surface area contributed by atoms with Crippen LogP contribution in [0, 0.1) is 5.82 Å². The van der Waals surface area contributed by atoms with Gasteiger partial charge in [-0.2, -0.15) is 0 Å². The third-order valence-corrected chi connectivity index (χ3v) is 2.86. The van der Waals surface area contributed by atoms with Gasteiger partial charge in [-0.15, -0.1) is 0 Å². The van der Waals surface area contributed by atoms with E-state index in [2.05, 4.69) is 15.0 Å². The molecule has 0 radical (unpaired) electrons. The van der Waals surface area contributed by atoms with Crippen LogP contribution in [-0.4, -0.2) is 19.5 Å². The first-order valence-corrected chi connectivity index (χ1v) is 5.56. The van der Waals surface area contributed by atoms with E-state index < -0.39 is 17.1 Å². The molecule has 96 valence electrons. The van der Waals surface area contributed by atoms with Gasteiger partial charge in [0.2, 0.25) is 0 Å². The number of halogens is 1. The first kappa shape index (κ1) is 11.4. The highest BCUT2D eigenvalue weighted by molar-refractivity contribution is 5.67. The van der Waals surface area contributed by atoms with Crippen LogP contribution in [0.4, 0.5) is 4.39 Å². The Morgan fingerprint density at radius 2 is 2.05 bits per heavy atom. The molecule has 0 atom stereocenters. The van der Waals surface area contributed by atoms with Crippen molar-refractivity contribution in [1.82, 2.24) is 19.5 Å². The smallest absolute Gasteiger partial charge is 0.330 e. The van der Waals surface area contributed by atoms with Gasteiger partial charge >= 0.3 is 5.69 Å². The van der Waals surface area contributed by atoms with Crippen molar-refractivity contribution in [2.45, 2.75) is 6.54 Å². The molecule has 3 aromatic rings. The van der Waals surface area contributed by atoms with E-state index in [1.54, 1.807) is 12.1 Å². The number of rotatable bonds is 2. The molecule has 7 heteroatoms. The van der Waals surface area contributed by atoms with Crippen molar-refractivity contribution >= 4 is 11.2 Å². The zero-order chi connectivity index (χ0) is 13.4. The average molecular weight is 260 g/mol. The average Bonchev–Trinajstić information content (AvgIpc) is 2.84. The third kappa shape index (κ3) is 1.85. The molecule has 3 rings (SSSR count). The highest BCUT2D eigenvalue weighted by Gasteiger charge is 2.11. The summed E-state index contributed by atoms with van der Waals surface area (Å²) in [5.74, 6) is -0.460. The van der Waals surface area contributed by atoms with E-state index in [9.17, 15) is 14.0 Å². The number of aromatic nitrogens is 4. The second-order valence-electron chi connectivity index (χ2n) is 4.04. The molecule has 0 unspecified atom stereocenters. The number of hydrogen-bond acceptors (Lipinski definition) is 3. The van der Waals surface area contributed by atoms with Crippen LogP contribution in [0.3, 0.4) is 0 Å². The number of nitrogens with one attached hydrogen (secondary N) is 2. The van der Waals surface area contributed by atoms with Crippen LogP contribution in [0.2, 0.25) is 0 Å². The monoisotopic (exact) mass is 260 g/mol. The van der Waals surface area contributed by atoms with Crippen LogP contribution in [0.15, 0.2) is 40.2 Å². The maximum absolute atomic E-state index is 13.5. The second-order valence-corrected chi connectivity index (χ2v) is 4.04. The fourth-order valence-corrected chi connectivity index (χ4v) is 1.89. The van der Waals surface area contributed by atoms with Gasteiger partial charge in [-0.1, -0.05) is 18.2 Å². The third-order valence-electron chi connectivity index (χ3n) is 2.86. The van der Waals surface area contributed by atoms with Gasteiger partial charge in [-0.05, 0) is 6.07 Å². The lowest BCUT2D eigenvalue weighted by Crippen LogP contribution is -2.35. The Kier molecular flexibility index (Phi) is 2.52. The minimum atomic E-state index is -0.618. The van der Waals surface area contributed by atoms with Crippen molar-refractivity contribution in [2.24, 2.45) is 0 Å². The number of H-pyrrole nitrogens is 2. The normalized spacial score (nSPS) is 11.0. The molecule has 2 heterocycles. The van der Waals surface area contributed by atoms with Gasteiger partial charge in [-0.25, -0.2) is 14.2 Å². The van der Waals surface area contributed by atoms with Crippen molar-refractivity contribution in [3.05, 3.63) is 62.8 Å². The highest BCUT2D eigenvalue weighted by Crippen LogP contribution is 2.06. The van der Waals surface area contributed by atoms with E-state index in [4.69, 9.17) is 0 Å². The van der Waals surface area contributed by atoms with E-state index in [-0.39, 0.29) is 23.3 Å². The Morgan fingerprint density at radius 1 is 1.26 bits per heavy atom. The fraction of sp³-hybridized carbons (Fsp3) is 0.0833. The van der Waals surface area contributed by atoms with Crippen molar-refractivity contribution in [2.75, 3.05) is 0 Å². The number of hydrogen-bond donors (Lipinski definition) is 2. The summed E-state index contributed by atoms with van der Waals surface area (Å²) in [6.07, 6.45) is 1.31. The van der Waals surface area contributed by atoms with E-state index in [0.29, 0.717) is 0 Å². The maximum Gasteiger partial charge on any atom is 0.330 e. The number of aromatic amines is 2. The van der Waals surface area contributed by atoms with Crippen LogP contribution in [0.1, 0.15) is 5.56 Å². The molecule has 1 aromatic carbocycles. The van der Waals surface area contributed by atoms with Gasteiger partial charge in [0.15, 0.2) is 5.65 Å². The maximum atomic E-state index is 13.5. The zero-order valence-corrected chi connectivity index (χ0v) is 9.68. The Bertz CT molecular complexity index is 862. The summed E-state index contributed by atoms with van der Waals surface area (Å²) in [7, 11) is 0. The van der Waals surface area contributed by atoms with Crippen molar-refractivity contribution < 1.29 is 4.39 Å². The molecule has 0 aliphatic rings. The molecule has 0 saturated carbocycles. The fourth-order valence-electron chi connectivity index (χ4n) is 1.89. The molecule has 2 N–H and O–H groups in total. The molecule has 0 aliphatic carbocycles. The van der Waals surface area contributed by atoms with Crippen LogP contribution in [0.25, 0.3) is 11.2 Å². The summed E-state index contributed by atoms with van der Waals surface area (Å²) in [5, 5.41) is 0. The Labute approximate surface area is 105 Å². The Hall–Kier alpha value is -2.70. The number of imidazole rings is 1. The Balaban J connectivity index is 2.18. The van der Waals surface area contributed by atoms with Gasteiger partial charge < -0.3 is 4.98 Å². The standard InChI is InChI=1S/C12H9FN4O2/c13-8-4-2-1-3-7(8)5-17-11(18)9-10(15-6-14-9)16-12(17)19/h1-4,6H,5H2,(H,14,15)(H,16,19). The first-order chi connectivity index (χ1) is 9.16. The molecule has 2 aromatic heterocycles. The second kappa shape index (κ2) is 4.20. The predicted molar refractivity (Wildman–Crippen MR) is 66.5 cm³/mol. The molecular weight excluding hydrogens is 251 g/mol. The lowest BCUT2D eigenvalue weighted by molar-refractivity contribution is 0.590. The summed E-state index contributed by atoms with van der Waals surface area (Å²) in [5.41, 5.74) is -0.489. The molecule has 0 amide bonds. The van der Waals surface area contributed by atoms with Crippen LogP contribution >= 0.6 is 0 Å². The van der Waals surface area contributed by atoms with Crippen molar-refractivity contribution in [1.29, 1.82) is 0 Å². The molecule has 0 spiro atoms. The SMILES string of the molecule is O=c1[nH]c2nc[nH]c2c(=O)n1Cc1ccccc1F. The zero-order valence-electron chi connectivity index (χ0n) is 9.68. The van der Waals surface area contributed by atoms with E-state index in [1.165, 1.54) is 18.5 Å². The highest BCUT2D eigenvalue weighted by atomic mass is 19.1. The van der Waals surface area contributed by atoms with Gasteiger partial charge in [-0.3, -0.25) is 14.3 Å². The van der Waals surface area contributed by atoms with Crippen molar-refractivity contribution in [3.8, 4) is 0 Å². The molecule has 0 aliphatic heterocycles. The summed E-state index contributed by atoms with van der Waals surface area (Å²) in [4.78, 5) is 32.8. The lowest BCUT2D eigenvalue weighted by Gasteiger charge is -2.05. The summed E-state index contributed by atoms with van der Waals surface area (Å²) < 4.78 is 14.5. The summed E-state index contributed by atoms with van der Waals surface area (Å²) >= 11 is 0. The lowest BCUT2D eigenvalue weighted by atomic mass is 10.2. The minimum Gasteiger partial charge on any atom is -0.339 e. The molecule has 0 saturated heterocycles. The van der Waals surface area contributed by atoms with E-state index >= 15 is 0 Å². The van der Waals surface area contributed by atoms with Gasteiger partial charge in [0.05, 0.1) is 12.9 Å². The van der Waals surface area contributed by atoms with Crippen LogP contribution in [-0.2, 0) is 6.54 Å². The Morgan fingerprint density at radius 3 is 2.84 bits per heavy atom. The topological polar surface area (TPSA) is 83.5 Å². The summed E-state index contributed by atoms with van der Waals surface area (Å²) in [6.45, 7) is -0.129. The predicted octanol–water partition coefficient (Wildman–Crippen LogP) is 0.600. The molecule has 0 fully saturated rings. The number of fused-ring (bicyclic) bond motifs is 1. The summed E-state index contributed by atoms with van der Waals surface area (Å²) in [6, 6.07) is 6.00. The first-order valence-electron chi connectivity index (χ1n) is 5.56. The molecule has 0 bridgehead atoms. The quantitative estimate of drug-likeness (QED) is 0.707. The largest absolute Gasteiger partial charge is 0.339 e. The van der Waals surface area contributed by atoms with E-state index in [1.807, 2.05) is 0 Å². The van der Waals surface area contributed by atoms with Gasteiger partial charge in [0.1, 0.15) is 11.3 Å². The molecular formula is C12H9FN4O2. The van der Waals surface area contributed by atoms with Gasteiger partial charge in [0.25, 0.3) is 5.56 Å². The van der Waals surface area contributed by atoms with Crippen LogP contribution in [0.5, 0.6) is 0 Å². The number of nitrogens with zero attached hydrogens (tertiary/aromatic N) is 2. The molecule has 6 nitrogen and oxygen atoms in total.